The standard InChI is InChI=1S/C17H17ClN2O2/c18-15-8-7-13(10-19-15)16(21)20-11-17(22)9-3-5-12-4-1-2-6-14(12)17/h1-2,4,6-8,10,22H,3,5,9,11H2,(H,20,21). The maximum atomic E-state index is 12.1. The van der Waals surface area contributed by atoms with Crippen LogP contribution < -0.4 is 5.32 Å². The summed E-state index contributed by atoms with van der Waals surface area (Å²) >= 11 is 5.71. The average molecular weight is 317 g/mol. The van der Waals surface area contributed by atoms with Crippen molar-refractivity contribution < 1.29 is 9.90 Å². The van der Waals surface area contributed by atoms with Gasteiger partial charge in [-0.25, -0.2) is 4.98 Å². The van der Waals surface area contributed by atoms with E-state index in [0.29, 0.717) is 17.1 Å². The number of carbonyl (C=O) groups excluding carboxylic acids is 1. The molecule has 0 fully saturated rings. The highest BCUT2D eigenvalue weighted by Gasteiger charge is 2.34. The number of carbonyl (C=O) groups is 1. The molecule has 2 aromatic rings. The minimum Gasteiger partial charge on any atom is -0.383 e. The fourth-order valence-corrected chi connectivity index (χ4v) is 3.03. The SMILES string of the molecule is O=C(NCC1(O)CCCc2ccccc21)c1ccc(Cl)nc1. The number of nitrogens with one attached hydrogen (secondary N) is 1. The van der Waals surface area contributed by atoms with Crippen LogP contribution in [0.4, 0.5) is 0 Å². The molecule has 114 valence electrons. The first-order chi connectivity index (χ1) is 10.6. The fourth-order valence-electron chi connectivity index (χ4n) is 2.92. The van der Waals surface area contributed by atoms with E-state index in [-0.39, 0.29) is 12.5 Å². The molecule has 1 aromatic heterocycles. The number of aliphatic hydroxyl groups is 1. The predicted molar refractivity (Wildman–Crippen MR) is 84.9 cm³/mol. The second-order valence-corrected chi connectivity index (χ2v) is 5.98. The number of aryl methyl sites for hydroxylation is 1. The molecule has 22 heavy (non-hydrogen) atoms. The number of halogens is 1. The van der Waals surface area contributed by atoms with Gasteiger partial charge in [-0.15, -0.1) is 0 Å². The van der Waals surface area contributed by atoms with Gasteiger partial charge < -0.3 is 10.4 Å². The fraction of sp³-hybridized carbons (Fsp3) is 0.294. The topological polar surface area (TPSA) is 62.2 Å². The molecule has 1 atom stereocenters. The molecule has 3 rings (SSSR count). The van der Waals surface area contributed by atoms with Crippen LogP contribution in [0.1, 0.15) is 34.3 Å². The van der Waals surface area contributed by atoms with Gasteiger partial charge in [0.25, 0.3) is 5.91 Å². The Balaban J connectivity index is 1.73. The molecule has 1 heterocycles. The zero-order valence-corrected chi connectivity index (χ0v) is 12.8. The molecule has 0 saturated carbocycles. The number of hydrogen-bond acceptors (Lipinski definition) is 3. The molecule has 0 radical (unpaired) electrons. The molecule has 0 aliphatic heterocycles. The molecular weight excluding hydrogens is 300 g/mol. The zero-order valence-electron chi connectivity index (χ0n) is 12.1. The minimum absolute atomic E-state index is 0.186. The summed E-state index contributed by atoms with van der Waals surface area (Å²) in [5.74, 6) is -0.263. The van der Waals surface area contributed by atoms with E-state index < -0.39 is 5.60 Å². The number of hydrogen-bond donors (Lipinski definition) is 2. The van der Waals surface area contributed by atoms with E-state index in [9.17, 15) is 9.90 Å². The largest absolute Gasteiger partial charge is 0.383 e. The Bertz CT molecular complexity index is 687. The summed E-state index contributed by atoms with van der Waals surface area (Å²) in [6.07, 6.45) is 3.94. The molecule has 1 aromatic carbocycles. The number of fused-ring (bicyclic) bond motifs is 1. The Labute approximate surface area is 134 Å². The van der Waals surface area contributed by atoms with Gasteiger partial charge in [-0.2, -0.15) is 0 Å². The minimum atomic E-state index is -1.01. The van der Waals surface area contributed by atoms with Crippen LogP contribution in [0.25, 0.3) is 0 Å². The Morgan fingerprint density at radius 1 is 1.32 bits per heavy atom. The van der Waals surface area contributed by atoms with Crippen molar-refractivity contribution in [2.75, 3.05) is 6.54 Å². The number of rotatable bonds is 3. The monoisotopic (exact) mass is 316 g/mol. The Hall–Kier alpha value is -1.91. The molecule has 0 spiro atoms. The van der Waals surface area contributed by atoms with Gasteiger partial charge in [0.15, 0.2) is 0 Å². The average Bonchev–Trinajstić information content (AvgIpc) is 2.54. The van der Waals surface area contributed by atoms with E-state index >= 15 is 0 Å². The lowest BCUT2D eigenvalue weighted by molar-refractivity contribution is 0.0189. The predicted octanol–water partition coefficient (Wildman–Crippen LogP) is 2.69. The first-order valence-electron chi connectivity index (χ1n) is 7.29. The van der Waals surface area contributed by atoms with E-state index in [1.54, 1.807) is 12.1 Å². The first-order valence-corrected chi connectivity index (χ1v) is 7.67. The van der Waals surface area contributed by atoms with Crippen LogP contribution in [0, 0.1) is 0 Å². The van der Waals surface area contributed by atoms with Crippen molar-refractivity contribution in [2.45, 2.75) is 24.9 Å². The number of amides is 1. The van der Waals surface area contributed by atoms with Crippen LogP contribution in [0.5, 0.6) is 0 Å². The van der Waals surface area contributed by atoms with Gasteiger partial charge in [-0.1, -0.05) is 35.9 Å². The number of benzene rings is 1. The third kappa shape index (κ3) is 2.98. The van der Waals surface area contributed by atoms with E-state index in [4.69, 9.17) is 11.6 Å². The number of nitrogens with zero attached hydrogens (tertiary/aromatic N) is 1. The van der Waals surface area contributed by atoms with E-state index in [1.165, 1.54) is 6.20 Å². The van der Waals surface area contributed by atoms with E-state index in [0.717, 1.165) is 24.0 Å². The van der Waals surface area contributed by atoms with Crippen LogP contribution in [0.15, 0.2) is 42.6 Å². The summed E-state index contributed by atoms with van der Waals surface area (Å²) in [5.41, 5.74) is 1.48. The van der Waals surface area contributed by atoms with E-state index in [2.05, 4.69) is 10.3 Å². The van der Waals surface area contributed by atoms with Crippen molar-refractivity contribution in [1.82, 2.24) is 10.3 Å². The van der Waals surface area contributed by atoms with Gasteiger partial charge in [-0.3, -0.25) is 4.79 Å². The van der Waals surface area contributed by atoms with Gasteiger partial charge in [0, 0.05) is 6.20 Å². The molecule has 1 unspecified atom stereocenters. The van der Waals surface area contributed by atoms with Crippen LogP contribution in [0.3, 0.4) is 0 Å². The zero-order chi connectivity index (χ0) is 15.6. The summed E-state index contributed by atoms with van der Waals surface area (Å²) in [7, 11) is 0. The molecule has 1 aliphatic rings. The second kappa shape index (κ2) is 6.07. The molecular formula is C17H17ClN2O2. The lowest BCUT2D eigenvalue weighted by atomic mass is 9.79. The molecule has 0 saturated heterocycles. The molecule has 1 aliphatic carbocycles. The van der Waals surface area contributed by atoms with E-state index in [1.807, 2.05) is 24.3 Å². The highest BCUT2D eigenvalue weighted by molar-refractivity contribution is 6.29. The molecule has 1 amide bonds. The second-order valence-electron chi connectivity index (χ2n) is 5.59. The van der Waals surface area contributed by atoms with Crippen molar-refractivity contribution in [3.05, 3.63) is 64.4 Å². The Morgan fingerprint density at radius 2 is 2.14 bits per heavy atom. The van der Waals surface area contributed by atoms with Crippen molar-refractivity contribution in [1.29, 1.82) is 0 Å². The van der Waals surface area contributed by atoms with Crippen molar-refractivity contribution in [3.8, 4) is 0 Å². The third-order valence-electron chi connectivity index (χ3n) is 4.09. The quantitative estimate of drug-likeness (QED) is 0.856. The molecule has 5 heteroatoms. The molecule has 0 bridgehead atoms. The number of pyridine rings is 1. The Morgan fingerprint density at radius 3 is 2.91 bits per heavy atom. The van der Waals surface area contributed by atoms with Gasteiger partial charge >= 0.3 is 0 Å². The maximum Gasteiger partial charge on any atom is 0.252 e. The maximum absolute atomic E-state index is 12.1. The normalized spacial score (nSPS) is 20.3. The van der Waals surface area contributed by atoms with Crippen LogP contribution >= 0.6 is 11.6 Å². The van der Waals surface area contributed by atoms with Crippen LogP contribution in [0.2, 0.25) is 5.15 Å². The Kier molecular flexibility index (Phi) is 4.14. The van der Waals surface area contributed by atoms with Gasteiger partial charge in [0.05, 0.1) is 12.1 Å². The van der Waals surface area contributed by atoms with Gasteiger partial charge in [0.1, 0.15) is 10.8 Å². The highest BCUT2D eigenvalue weighted by Crippen LogP contribution is 2.34. The van der Waals surface area contributed by atoms with Gasteiger partial charge in [0.2, 0.25) is 0 Å². The van der Waals surface area contributed by atoms with Crippen molar-refractivity contribution in [3.63, 3.8) is 0 Å². The van der Waals surface area contributed by atoms with Crippen LogP contribution in [-0.2, 0) is 12.0 Å². The van der Waals surface area contributed by atoms with Crippen LogP contribution in [-0.4, -0.2) is 22.5 Å². The lowest BCUT2D eigenvalue weighted by Gasteiger charge is -2.34. The summed E-state index contributed by atoms with van der Waals surface area (Å²) in [5, 5.41) is 14.1. The molecule has 2 N–H and O–H groups in total. The van der Waals surface area contributed by atoms with Crippen molar-refractivity contribution in [2.24, 2.45) is 0 Å². The summed E-state index contributed by atoms with van der Waals surface area (Å²) in [6.45, 7) is 0.186. The molecule has 4 nitrogen and oxygen atoms in total. The highest BCUT2D eigenvalue weighted by atomic mass is 35.5. The third-order valence-corrected chi connectivity index (χ3v) is 4.31. The van der Waals surface area contributed by atoms with Gasteiger partial charge in [-0.05, 0) is 42.5 Å². The lowest BCUT2D eigenvalue weighted by Crippen LogP contribution is -2.43. The summed E-state index contributed by atoms with van der Waals surface area (Å²) in [6, 6.07) is 11.0. The summed E-state index contributed by atoms with van der Waals surface area (Å²) in [4.78, 5) is 16.0. The smallest absolute Gasteiger partial charge is 0.252 e. The van der Waals surface area contributed by atoms with Crippen molar-refractivity contribution >= 4 is 17.5 Å². The summed E-state index contributed by atoms with van der Waals surface area (Å²) < 4.78 is 0. The first kappa shape index (κ1) is 15.0. The number of aromatic nitrogens is 1.